The Morgan fingerprint density at radius 2 is 1.86 bits per heavy atom. The van der Waals surface area contributed by atoms with Gasteiger partial charge in [0.25, 0.3) is 0 Å². The van der Waals surface area contributed by atoms with Crippen LogP contribution in [0.4, 0.5) is 0 Å². The van der Waals surface area contributed by atoms with E-state index in [4.69, 9.17) is 16.9 Å². The van der Waals surface area contributed by atoms with Crippen molar-refractivity contribution in [3.8, 4) is 17.2 Å². The van der Waals surface area contributed by atoms with Crippen LogP contribution in [0.2, 0.25) is 5.02 Å². The molecule has 0 saturated heterocycles. The number of halogens is 1. The van der Waals surface area contributed by atoms with E-state index < -0.39 is 0 Å². The van der Waals surface area contributed by atoms with E-state index in [0.29, 0.717) is 0 Å². The number of nitrogens with zero attached hydrogens (tertiary/aromatic N) is 1. The van der Waals surface area contributed by atoms with Crippen molar-refractivity contribution in [1.29, 1.82) is 5.26 Å². The average Bonchev–Trinajstić information content (AvgIpc) is 2.67. The van der Waals surface area contributed by atoms with Gasteiger partial charge in [0.15, 0.2) is 0 Å². The summed E-state index contributed by atoms with van der Waals surface area (Å²) >= 11 is 7.24. The summed E-state index contributed by atoms with van der Waals surface area (Å²) in [6.07, 6.45) is 0. The van der Waals surface area contributed by atoms with E-state index in [1.807, 2.05) is 35.7 Å². The van der Waals surface area contributed by atoms with E-state index in [0.717, 1.165) is 21.0 Å². The zero-order valence-corrected chi connectivity index (χ0v) is 8.77. The largest absolute Gasteiger partial charge is 0.192 e. The van der Waals surface area contributed by atoms with Crippen molar-refractivity contribution < 1.29 is 0 Å². The Balaban J connectivity index is 2.40. The summed E-state index contributed by atoms with van der Waals surface area (Å²) in [4.78, 5) is 0.731. The summed E-state index contributed by atoms with van der Waals surface area (Å²) in [7, 11) is 0. The molecule has 2 rings (SSSR count). The lowest BCUT2D eigenvalue weighted by molar-refractivity contribution is 1.52. The highest BCUT2D eigenvalue weighted by atomic mass is 35.5. The first-order valence-electron chi connectivity index (χ1n) is 4.04. The van der Waals surface area contributed by atoms with Crippen LogP contribution in [0, 0.1) is 11.3 Å². The summed E-state index contributed by atoms with van der Waals surface area (Å²) in [5.41, 5.74) is 2.16. The molecule has 2 aromatic rings. The lowest BCUT2D eigenvalue weighted by Gasteiger charge is -1.96. The molecule has 0 aliphatic carbocycles. The fourth-order valence-corrected chi connectivity index (χ4v) is 2.02. The molecule has 1 nitrogen and oxygen atoms in total. The first-order valence-corrected chi connectivity index (χ1v) is 5.30. The van der Waals surface area contributed by atoms with Crippen LogP contribution < -0.4 is 0 Å². The van der Waals surface area contributed by atoms with Gasteiger partial charge in [-0.15, -0.1) is 11.3 Å². The molecule has 3 heteroatoms. The van der Waals surface area contributed by atoms with Crippen LogP contribution in [0.25, 0.3) is 11.1 Å². The number of thiophene rings is 1. The minimum Gasteiger partial charge on any atom is -0.192 e. The van der Waals surface area contributed by atoms with Gasteiger partial charge >= 0.3 is 0 Å². The Kier molecular flexibility index (Phi) is 2.53. The van der Waals surface area contributed by atoms with Gasteiger partial charge in [0.2, 0.25) is 0 Å². The molecule has 1 aromatic carbocycles. The summed E-state index contributed by atoms with van der Waals surface area (Å²) < 4.78 is 0. The molecule has 0 fully saturated rings. The topological polar surface area (TPSA) is 23.8 Å². The zero-order chi connectivity index (χ0) is 9.97. The highest BCUT2D eigenvalue weighted by Crippen LogP contribution is 2.26. The normalized spacial score (nSPS) is 9.71. The van der Waals surface area contributed by atoms with Crippen molar-refractivity contribution in [2.45, 2.75) is 0 Å². The molecule has 0 radical (unpaired) electrons. The molecule has 0 N–H and O–H groups in total. The fourth-order valence-electron chi connectivity index (χ4n) is 1.19. The van der Waals surface area contributed by atoms with Gasteiger partial charge < -0.3 is 0 Å². The Morgan fingerprint density at radius 1 is 1.14 bits per heavy atom. The zero-order valence-electron chi connectivity index (χ0n) is 7.20. The van der Waals surface area contributed by atoms with Crippen molar-refractivity contribution in [2.75, 3.05) is 0 Å². The maximum absolute atomic E-state index is 8.68. The van der Waals surface area contributed by atoms with Gasteiger partial charge in [-0.3, -0.25) is 0 Å². The van der Waals surface area contributed by atoms with Crippen LogP contribution in [-0.4, -0.2) is 0 Å². The quantitative estimate of drug-likeness (QED) is 0.713. The summed E-state index contributed by atoms with van der Waals surface area (Å²) in [6.45, 7) is 0. The van der Waals surface area contributed by atoms with Crippen molar-refractivity contribution in [2.24, 2.45) is 0 Å². The summed E-state index contributed by atoms with van der Waals surface area (Å²) in [5.74, 6) is 0. The maximum Gasteiger partial charge on any atom is 0.110 e. The second-order valence-electron chi connectivity index (χ2n) is 2.82. The van der Waals surface area contributed by atoms with E-state index in [-0.39, 0.29) is 0 Å². The van der Waals surface area contributed by atoms with Gasteiger partial charge in [-0.25, -0.2) is 0 Å². The maximum atomic E-state index is 8.68. The van der Waals surface area contributed by atoms with Crippen LogP contribution in [-0.2, 0) is 0 Å². The van der Waals surface area contributed by atoms with Gasteiger partial charge in [0.1, 0.15) is 10.9 Å². The van der Waals surface area contributed by atoms with Gasteiger partial charge in [0, 0.05) is 5.02 Å². The Morgan fingerprint density at radius 3 is 2.43 bits per heavy atom. The molecule has 0 spiro atoms. The minimum atomic E-state index is 0.726. The van der Waals surface area contributed by atoms with Crippen LogP contribution in [0.5, 0.6) is 0 Å². The second kappa shape index (κ2) is 3.83. The molecule has 0 aliphatic rings. The van der Waals surface area contributed by atoms with Gasteiger partial charge in [-0.1, -0.05) is 23.7 Å². The molecule has 0 unspecified atom stereocenters. The standard InChI is InChI=1S/C11H6ClNS/c12-10-3-1-8(2-4-10)9-5-11(6-13)14-7-9/h1-5,7H. The van der Waals surface area contributed by atoms with Crippen LogP contribution in [0.3, 0.4) is 0 Å². The third-order valence-corrected chi connectivity index (χ3v) is 2.97. The van der Waals surface area contributed by atoms with Crippen molar-refractivity contribution in [3.05, 3.63) is 45.6 Å². The van der Waals surface area contributed by atoms with Crippen molar-refractivity contribution in [1.82, 2.24) is 0 Å². The molecule has 0 atom stereocenters. The van der Waals surface area contributed by atoms with E-state index in [1.165, 1.54) is 11.3 Å². The van der Waals surface area contributed by atoms with Gasteiger partial charge in [-0.05, 0) is 34.7 Å². The van der Waals surface area contributed by atoms with E-state index in [2.05, 4.69) is 6.07 Å². The van der Waals surface area contributed by atoms with E-state index in [1.54, 1.807) is 0 Å². The molecule has 68 valence electrons. The average molecular weight is 220 g/mol. The van der Waals surface area contributed by atoms with Gasteiger partial charge in [0.05, 0.1) is 0 Å². The first kappa shape index (κ1) is 9.26. The molecule has 1 heterocycles. The predicted molar refractivity (Wildman–Crippen MR) is 59.5 cm³/mol. The monoisotopic (exact) mass is 219 g/mol. The lowest BCUT2D eigenvalue weighted by Crippen LogP contribution is -1.71. The third kappa shape index (κ3) is 1.79. The van der Waals surface area contributed by atoms with Gasteiger partial charge in [-0.2, -0.15) is 5.26 Å². The molecule has 0 saturated carbocycles. The Hall–Kier alpha value is -1.30. The molecule has 14 heavy (non-hydrogen) atoms. The number of rotatable bonds is 1. The highest BCUT2D eigenvalue weighted by molar-refractivity contribution is 7.10. The number of benzene rings is 1. The molecule has 0 bridgehead atoms. The fraction of sp³-hybridized carbons (Fsp3) is 0. The number of nitriles is 1. The van der Waals surface area contributed by atoms with Crippen molar-refractivity contribution >= 4 is 22.9 Å². The van der Waals surface area contributed by atoms with Crippen LogP contribution in [0.1, 0.15) is 4.88 Å². The predicted octanol–water partition coefficient (Wildman–Crippen LogP) is 3.94. The summed E-state index contributed by atoms with van der Waals surface area (Å²) in [5, 5.41) is 11.4. The molecule has 0 amide bonds. The highest BCUT2D eigenvalue weighted by Gasteiger charge is 2.01. The minimum absolute atomic E-state index is 0.726. The second-order valence-corrected chi connectivity index (χ2v) is 4.17. The number of hydrogen-bond acceptors (Lipinski definition) is 2. The summed E-state index contributed by atoms with van der Waals surface area (Å²) in [6, 6.07) is 11.6. The number of hydrogen-bond donors (Lipinski definition) is 0. The molecular formula is C11H6ClNS. The third-order valence-electron chi connectivity index (χ3n) is 1.89. The van der Waals surface area contributed by atoms with Crippen LogP contribution >= 0.6 is 22.9 Å². The molecule has 0 aliphatic heterocycles. The van der Waals surface area contributed by atoms with Crippen LogP contribution in [0.15, 0.2) is 35.7 Å². The molecule has 1 aromatic heterocycles. The van der Waals surface area contributed by atoms with E-state index >= 15 is 0 Å². The lowest BCUT2D eigenvalue weighted by atomic mass is 10.1. The SMILES string of the molecule is N#Cc1cc(-c2ccc(Cl)cc2)cs1. The first-order chi connectivity index (χ1) is 6.79. The Labute approximate surface area is 91.2 Å². The Bertz CT molecular complexity index is 479. The molecular weight excluding hydrogens is 214 g/mol. The smallest absolute Gasteiger partial charge is 0.110 e. The van der Waals surface area contributed by atoms with E-state index in [9.17, 15) is 0 Å². The van der Waals surface area contributed by atoms with Crippen molar-refractivity contribution in [3.63, 3.8) is 0 Å².